The van der Waals surface area contributed by atoms with E-state index in [1.807, 2.05) is 20.8 Å². The molecule has 0 spiro atoms. The highest BCUT2D eigenvalue weighted by Crippen LogP contribution is 2.07. The lowest BCUT2D eigenvalue weighted by Crippen LogP contribution is -2.41. The molecule has 1 N–H and O–H groups in total. The SMILES string of the molecule is CC(C)(C)OC(=O)NN1C=COC1. The van der Waals surface area contributed by atoms with Crippen molar-refractivity contribution in [2.45, 2.75) is 26.4 Å². The maximum atomic E-state index is 11.2. The van der Waals surface area contributed by atoms with Gasteiger partial charge in [-0.3, -0.25) is 5.01 Å². The molecule has 5 nitrogen and oxygen atoms in total. The summed E-state index contributed by atoms with van der Waals surface area (Å²) in [6.45, 7) is 5.74. The van der Waals surface area contributed by atoms with Crippen molar-refractivity contribution in [3.05, 3.63) is 12.5 Å². The van der Waals surface area contributed by atoms with Gasteiger partial charge >= 0.3 is 6.09 Å². The van der Waals surface area contributed by atoms with Crippen LogP contribution >= 0.6 is 0 Å². The zero-order chi connectivity index (χ0) is 9.90. The number of hydrazine groups is 1. The third kappa shape index (κ3) is 3.68. The second-order valence-electron chi connectivity index (χ2n) is 3.66. The van der Waals surface area contributed by atoms with Gasteiger partial charge in [0.1, 0.15) is 11.9 Å². The topological polar surface area (TPSA) is 50.8 Å². The molecule has 5 heteroatoms. The lowest BCUT2D eigenvalue weighted by atomic mass is 10.2. The first-order valence-corrected chi connectivity index (χ1v) is 4.02. The van der Waals surface area contributed by atoms with Gasteiger partial charge in [-0.2, -0.15) is 0 Å². The van der Waals surface area contributed by atoms with Crippen molar-refractivity contribution < 1.29 is 14.3 Å². The van der Waals surface area contributed by atoms with Gasteiger partial charge in [-0.25, -0.2) is 10.2 Å². The average molecular weight is 186 g/mol. The molecule has 0 saturated heterocycles. The van der Waals surface area contributed by atoms with Crippen molar-refractivity contribution in [1.82, 2.24) is 10.4 Å². The first-order chi connectivity index (χ1) is 5.97. The molecule has 74 valence electrons. The second kappa shape index (κ2) is 3.55. The van der Waals surface area contributed by atoms with E-state index in [0.29, 0.717) is 6.73 Å². The summed E-state index contributed by atoms with van der Waals surface area (Å²) in [6, 6.07) is 0. The number of rotatable bonds is 1. The van der Waals surface area contributed by atoms with Crippen LogP contribution in [0.3, 0.4) is 0 Å². The smallest absolute Gasteiger partial charge is 0.426 e. The summed E-state index contributed by atoms with van der Waals surface area (Å²) in [5, 5.41) is 1.49. The number of nitrogens with zero attached hydrogens (tertiary/aromatic N) is 1. The van der Waals surface area contributed by atoms with Gasteiger partial charge in [0.15, 0.2) is 6.73 Å². The fourth-order valence-electron chi connectivity index (χ4n) is 0.771. The van der Waals surface area contributed by atoms with Gasteiger partial charge in [-0.15, -0.1) is 0 Å². The van der Waals surface area contributed by atoms with Crippen LogP contribution in [0.2, 0.25) is 0 Å². The summed E-state index contributed by atoms with van der Waals surface area (Å²) in [4.78, 5) is 11.2. The standard InChI is InChI=1S/C8H14N2O3/c1-8(2,3)13-7(11)9-10-4-5-12-6-10/h4-5H,6H2,1-3H3,(H,9,11). The van der Waals surface area contributed by atoms with Crippen LogP contribution < -0.4 is 5.43 Å². The van der Waals surface area contributed by atoms with E-state index in [2.05, 4.69) is 5.43 Å². The molecule has 0 aliphatic carbocycles. The molecule has 1 heterocycles. The molecule has 0 aromatic heterocycles. The molecule has 0 fully saturated rings. The second-order valence-corrected chi connectivity index (χ2v) is 3.66. The van der Waals surface area contributed by atoms with E-state index in [-0.39, 0.29) is 0 Å². The van der Waals surface area contributed by atoms with Crippen LogP contribution in [0.1, 0.15) is 20.8 Å². The van der Waals surface area contributed by atoms with Crippen molar-refractivity contribution in [1.29, 1.82) is 0 Å². The van der Waals surface area contributed by atoms with Gasteiger partial charge in [0.2, 0.25) is 0 Å². The Bertz CT molecular complexity index is 220. The molecular formula is C8H14N2O3. The summed E-state index contributed by atoms with van der Waals surface area (Å²) < 4.78 is 9.88. The minimum atomic E-state index is -0.484. The molecule has 1 aliphatic heterocycles. The van der Waals surface area contributed by atoms with Crippen LogP contribution in [0.15, 0.2) is 12.5 Å². The summed E-state index contributed by atoms with van der Waals surface area (Å²) >= 11 is 0. The van der Waals surface area contributed by atoms with E-state index < -0.39 is 11.7 Å². The van der Waals surface area contributed by atoms with Gasteiger partial charge in [-0.05, 0) is 20.8 Å². The number of carbonyl (C=O) groups excluding carboxylic acids is 1. The number of ether oxygens (including phenoxy) is 2. The highest BCUT2D eigenvalue weighted by molar-refractivity contribution is 5.67. The molecular weight excluding hydrogens is 172 g/mol. The molecule has 1 rings (SSSR count). The van der Waals surface area contributed by atoms with Crippen LogP contribution in [-0.2, 0) is 9.47 Å². The summed E-state index contributed by atoms with van der Waals surface area (Å²) in [7, 11) is 0. The molecule has 0 aromatic carbocycles. The molecule has 13 heavy (non-hydrogen) atoms. The number of nitrogens with one attached hydrogen (secondary N) is 1. The number of carbonyl (C=O) groups is 1. The third-order valence-electron chi connectivity index (χ3n) is 1.18. The van der Waals surface area contributed by atoms with Gasteiger partial charge in [0.05, 0.1) is 6.20 Å². The van der Waals surface area contributed by atoms with Crippen LogP contribution in [0.25, 0.3) is 0 Å². The van der Waals surface area contributed by atoms with Crippen molar-refractivity contribution >= 4 is 6.09 Å². The molecule has 0 aromatic rings. The molecule has 0 unspecified atom stereocenters. The van der Waals surface area contributed by atoms with Crippen molar-refractivity contribution in [2.24, 2.45) is 0 Å². The molecule has 1 aliphatic rings. The molecule has 0 saturated carbocycles. The Kier molecular flexibility index (Phi) is 2.65. The average Bonchev–Trinajstić information content (AvgIpc) is 2.34. The monoisotopic (exact) mass is 186 g/mol. The number of amides is 1. The fraction of sp³-hybridized carbons (Fsp3) is 0.625. The fourth-order valence-corrected chi connectivity index (χ4v) is 0.771. The minimum Gasteiger partial charge on any atom is -0.477 e. The largest absolute Gasteiger partial charge is 0.477 e. The maximum Gasteiger partial charge on any atom is 0.426 e. The predicted molar refractivity (Wildman–Crippen MR) is 46.3 cm³/mol. The molecule has 1 amide bonds. The van der Waals surface area contributed by atoms with Gasteiger partial charge in [0.25, 0.3) is 0 Å². The first kappa shape index (κ1) is 9.70. The van der Waals surface area contributed by atoms with E-state index in [0.717, 1.165) is 0 Å². The van der Waals surface area contributed by atoms with Crippen LogP contribution in [0.5, 0.6) is 0 Å². The van der Waals surface area contributed by atoms with Crippen LogP contribution in [-0.4, -0.2) is 23.4 Å². The minimum absolute atomic E-state index is 0.319. The summed E-state index contributed by atoms with van der Waals surface area (Å²) in [5.74, 6) is 0. The highest BCUT2D eigenvalue weighted by atomic mass is 16.6. The Balaban J connectivity index is 2.29. The zero-order valence-corrected chi connectivity index (χ0v) is 8.03. The van der Waals surface area contributed by atoms with E-state index in [1.54, 1.807) is 6.20 Å². The number of hydrogen-bond acceptors (Lipinski definition) is 4. The normalized spacial score (nSPS) is 15.5. The Morgan fingerprint density at radius 3 is 2.77 bits per heavy atom. The highest BCUT2D eigenvalue weighted by Gasteiger charge is 2.18. The Morgan fingerprint density at radius 2 is 2.31 bits per heavy atom. The van der Waals surface area contributed by atoms with Crippen molar-refractivity contribution in [2.75, 3.05) is 6.73 Å². The lowest BCUT2D eigenvalue weighted by molar-refractivity contribution is 0.0318. The van der Waals surface area contributed by atoms with E-state index in [1.165, 1.54) is 11.3 Å². The Labute approximate surface area is 77.3 Å². The molecule has 0 bridgehead atoms. The third-order valence-corrected chi connectivity index (χ3v) is 1.18. The zero-order valence-electron chi connectivity index (χ0n) is 8.03. The van der Waals surface area contributed by atoms with Crippen LogP contribution in [0, 0.1) is 0 Å². The van der Waals surface area contributed by atoms with Gasteiger partial charge in [0, 0.05) is 0 Å². The van der Waals surface area contributed by atoms with Crippen molar-refractivity contribution in [3.8, 4) is 0 Å². The maximum absolute atomic E-state index is 11.2. The summed E-state index contributed by atoms with van der Waals surface area (Å²) in [5.41, 5.74) is 2.02. The van der Waals surface area contributed by atoms with Gasteiger partial charge < -0.3 is 9.47 Å². The van der Waals surface area contributed by atoms with Crippen molar-refractivity contribution in [3.63, 3.8) is 0 Å². The molecule has 0 radical (unpaired) electrons. The van der Waals surface area contributed by atoms with E-state index >= 15 is 0 Å². The Morgan fingerprint density at radius 1 is 1.62 bits per heavy atom. The van der Waals surface area contributed by atoms with E-state index in [9.17, 15) is 4.79 Å². The van der Waals surface area contributed by atoms with E-state index in [4.69, 9.17) is 9.47 Å². The molecule has 0 atom stereocenters. The lowest BCUT2D eigenvalue weighted by Gasteiger charge is -2.22. The quantitative estimate of drug-likeness (QED) is 0.668. The first-order valence-electron chi connectivity index (χ1n) is 4.02. The van der Waals surface area contributed by atoms with Gasteiger partial charge in [-0.1, -0.05) is 0 Å². The predicted octanol–water partition coefficient (Wildman–Crippen LogP) is 1.19. The van der Waals surface area contributed by atoms with Crippen LogP contribution in [0.4, 0.5) is 4.79 Å². The Hall–Kier alpha value is -1.39. The summed E-state index contributed by atoms with van der Waals surface area (Å²) in [6.07, 6.45) is 2.63. The number of hydrogen-bond donors (Lipinski definition) is 1.